The molecule has 0 aromatic rings. The predicted octanol–water partition coefficient (Wildman–Crippen LogP) is 1.18. The van der Waals surface area contributed by atoms with Crippen LogP contribution in [0, 0.1) is 11.8 Å². The number of ether oxygens (including phenoxy) is 1. The Morgan fingerprint density at radius 2 is 1.55 bits per heavy atom. The highest BCUT2D eigenvalue weighted by atomic mass is 35.5. The smallest absolute Gasteiger partial charge is 0.0495 e. The van der Waals surface area contributed by atoms with E-state index < -0.39 is 0 Å². The van der Waals surface area contributed by atoms with E-state index in [1.807, 2.05) is 0 Å². The summed E-state index contributed by atoms with van der Waals surface area (Å²) in [6.45, 7) is 1.93. The highest BCUT2D eigenvalue weighted by Gasteiger charge is 2.30. The van der Waals surface area contributed by atoms with E-state index in [-0.39, 0.29) is 12.4 Å². The standard InChI is InChI=1S/C8H15NO.ClH/c9-8-2-6-1-7(3-8)5-10-4-6;/h6-8H,1-5,9H2;1H. The van der Waals surface area contributed by atoms with Gasteiger partial charge < -0.3 is 10.5 Å². The van der Waals surface area contributed by atoms with Crippen molar-refractivity contribution in [3.8, 4) is 0 Å². The fraction of sp³-hybridized carbons (Fsp3) is 1.00. The molecule has 1 saturated heterocycles. The van der Waals surface area contributed by atoms with E-state index in [4.69, 9.17) is 10.5 Å². The van der Waals surface area contributed by atoms with E-state index in [1.54, 1.807) is 0 Å². The van der Waals surface area contributed by atoms with Crippen molar-refractivity contribution in [2.24, 2.45) is 17.6 Å². The zero-order chi connectivity index (χ0) is 6.97. The molecule has 0 radical (unpaired) electrons. The van der Waals surface area contributed by atoms with Gasteiger partial charge in [0.05, 0.1) is 0 Å². The topological polar surface area (TPSA) is 35.2 Å². The molecule has 0 spiro atoms. The number of hydrogen-bond donors (Lipinski definition) is 1. The molecule has 2 unspecified atom stereocenters. The second kappa shape index (κ2) is 3.74. The van der Waals surface area contributed by atoms with Crippen LogP contribution >= 0.6 is 12.4 Å². The molecule has 2 aliphatic rings. The number of halogens is 1. The molecule has 0 amide bonds. The maximum atomic E-state index is 5.87. The number of fused-ring (bicyclic) bond motifs is 2. The third-order valence-corrected chi connectivity index (χ3v) is 2.65. The molecule has 2 bridgehead atoms. The molecule has 0 aromatic heterocycles. The Bertz CT molecular complexity index is 115. The van der Waals surface area contributed by atoms with E-state index in [2.05, 4.69) is 0 Å². The molecule has 0 aromatic carbocycles. The van der Waals surface area contributed by atoms with E-state index in [9.17, 15) is 0 Å². The molecule has 1 saturated carbocycles. The summed E-state index contributed by atoms with van der Waals surface area (Å²) in [6.07, 6.45) is 3.75. The lowest BCUT2D eigenvalue weighted by Crippen LogP contribution is -2.39. The van der Waals surface area contributed by atoms with E-state index in [1.165, 1.54) is 19.3 Å². The molecule has 66 valence electrons. The molecule has 2 fully saturated rings. The average molecular weight is 178 g/mol. The largest absolute Gasteiger partial charge is 0.381 e. The van der Waals surface area contributed by atoms with Crippen LogP contribution in [0.4, 0.5) is 0 Å². The van der Waals surface area contributed by atoms with Crippen molar-refractivity contribution in [1.82, 2.24) is 0 Å². The van der Waals surface area contributed by atoms with Crippen molar-refractivity contribution in [2.45, 2.75) is 25.3 Å². The lowest BCUT2D eigenvalue weighted by atomic mass is 9.78. The van der Waals surface area contributed by atoms with Crippen molar-refractivity contribution in [1.29, 1.82) is 0 Å². The maximum absolute atomic E-state index is 5.87. The summed E-state index contributed by atoms with van der Waals surface area (Å²) in [5.41, 5.74) is 5.87. The Morgan fingerprint density at radius 3 is 2.09 bits per heavy atom. The first-order valence-corrected chi connectivity index (χ1v) is 4.18. The molecule has 11 heavy (non-hydrogen) atoms. The van der Waals surface area contributed by atoms with Gasteiger partial charge in [0.25, 0.3) is 0 Å². The van der Waals surface area contributed by atoms with Crippen LogP contribution in [-0.2, 0) is 4.74 Å². The lowest BCUT2D eigenvalue weighted by Gasteiger charge is -2.37. The maximum Gasteiger partial charge on any atom is 0.0495 e. The quantitative estimate of drug-likeness (QED) is 0.603. The minimum atomic E-state index is 0. The Labute approximate surface area is 73.9 Å². The summed E-state index contributed by atoms with van der Waals surface area (Å²) in [5, 5.41) is 0. The molecular weight excluding hydrogens is 162 g/mol. The van der Waals surface area contributed by atoms with Crippen LogP contribution in [0.3, 0.4) is 0 Å². The summed E-state index contributed by atoms with van der Waals surface area (Å²) < 4.78 is 5.43. The first-order chi connectivity index (χ1) is 4.84. The van der Waals surface area contributed by atoms with Gasteiger partial charge in [-0.15, -0.1) is 12.4 Å². The fourth-order valence-electron chi connectivity index (χ4n) is 2.29. The van der Waals surface area contributed by atoms with E-state index in [0.29, 0.717) is 6.04 Å². The van der Waals surface area contributed by atoms with Gasteiger partial charge in [-0.2, -0.15) is 0 Å². The lowest BCUT2D eigenvalue weighted by molar-refractivity contribution is -0.0150. The molecule has 2 rings (SSSR count). The van der Waals surface area contributed by atoms with Crippen molar-refractivity contribution in [3.05, 3.63) is 0 Å². The summed E-state index contributed by atoms with van der Waals surface area (Å²) in [7, 11) is 0. The first kappa shape index (κ1) is 9.30. The summed E-state index contributed by atoms with van der Waals surface area (Å²) >= 11 is 0. The van der Waals surface area contributed by atoms with Crippen LogP contribution in [0.25, 0.3) is 0 Å². The van der Waals surface area contributed by atoms with Crippen LogP contribution in [-0.4, -0.2) is 19.3 Å². The molecular formula is C8H16ClNO. The Kier molecular flexibility index (Phi) is 3.16. The zero-order valence-electron chi connectivity index (χ0n) is 6.66. The molecule has 2 N–H and O–H groups in total. The Balaban J connectivity index is 0.000000605. The van der Waals surface area contributed by atoms with Gasteiger partial charge >= 0.3 is 0 Å². The highest BCUT2D eigenvalue weighted by Crippen LogP contribution is 2.32. The van der Waals surface area contributed by atoms with Crippen LogP contribution in [0.5, 0.6) is 0 Å². The number of hydrogen-bond acceptors (Lipinski definition) is 2. The molecule has 1 heterocycles. The summed E-state index contributed by atoms with van der Waals surface area (Å²) in [4.78, 5) is 0. The summed E-state index contributed by atoms with van der Waals surface area (Å²) in [6, 6.07) is 0.465. The third-order valence-electron chi connectivity index (χ3n) is 2.65. The van der Waals surface area contributed by atoms with Crippen LogP contribution in [0.2, 0.25) is 0 Å². The first-order valence-electron chi connectivity index (χ1n) is 4.18. The SMILES string of the molecule is Cl.NC1CC2COCC(C1)C2. The van der Waals surface area contributed by atoms with Gasteiger partial charge in [-0.25, -0.2) is 0 Å². The average Bonchev–Trinajstić information content (AvgIpc) is 1.85. The van der Waals surface area contributed by atoms with Crippen molar-refractivity contribution in [2.75, 3.05) is 13.2 Å². The second-order valence-electron chi connectivity index (χ2n) is 3.74. The van der Waals surface area contributed by atoms with Gasteiger partial charge in [0.1, 0.15) is 0 Å². The normalized spacial score (nSPS) is 42.8. The highest BCUT2D eigenvalue weighted by molar-refractivity contribution is 5.85. The predicted molar refractivity (Wildman–Crippen MR) is 46.9 cm³/mol. The minimum absolute atomic E-state index is 0. The van der Waals surface area contributed by atoms with Gasteiger partial charge in [0.15, 0.2) is 0 Å². The molecule has 2 atom stereocenters. The van der Waals surface area contributed by atoms with Gasteiger partial charge in [-0.1, -0.05) is 0 Å². The van der Waals surface area contributed by atoms with E-state index >= 15 is 0 Å². The van der Waals surface area contributed by atoms with Crippen LogP contribution in [0.15, 0.2) is 0 Å². The minimum Gasteiger partial charge on any atom is -0.381 e. The Hall–Kier alpha value is 0.210. The van der Waals surface area contributed by atoms with Crippen molar-refractivity contribution < 1.29 is 4.74 Å². The van der Waals surface area contributed by atoms with Gasteiger partial charge in [0, 0.05) is 19.3 Å². The van der Waals surface area contributed by atoms with Crippen molar-refractivity contribution in [3.63, 3.8) is 0 Å². The molecule has 3 heteroatoms. The number of nitrogens with two attached hydrogens (primary N) is 1. The zero-order valence-corrected chi connectivity index (χ0v) is 7.48. The van der Waals surface area contributed by atoms with Crippen LogP contribution < -0.4 is 5.73 Å². The van der Waals surface area contributed by atoms with Gasteiger partial charge in [-0.3, -0.25) is 0 Å². The Morgan fingerprint density at radius 1 is 1.00 bits per heavy atom. The molecule has 1 aliphatic carbocycles. The number of rotatable bonds is 0. The molecule has 1 aliphatic heterocycles. The van der Waals surface area contributed by atoms with E-state index in [0.717, 1.165) is 25.0 Å². The monoisotopic (exact) mass is 177 g/mol. The van der Waals surface area contributed by atoms with Crippen molar-refractivity contribution >= 4 is 12.4 Å². The van der Waals surface area contributed by atoms with Gasteiger partial charge in [-0.05, 0) is 31.1 Å². The third kappa shape index (κ3) is 2.08. The summed E-state index contributed by atoms with van der Waals surface area (Å²) in [5.74, 6) is 1.56. The van der Waals surface area contributed by atoms with Gasteiger partial charge in [0.2, 0.25) is 0 Å². The second-order valence-corrected chi connectivity index (χ2v) is 3.74. The fourth-order valence-corrected chi connectivity index (χ4v) is 2.29. The van der Waals surface area contributed by atoms with Crippen LogP contribution in [0.1, 0.15) is 19.3 Å². The molecule has 2 nitrogen and oxygen atoms in total.